The number of hydrogen-bond donors (Lipinski definition) is 2. The van der Waals surface area contributed by atoms with E-state index in [4.69, 9.17) is 9.84 Å². The molecule has 1 saturated heterocycles. The molecule has 2 N–H and O–H groups in total. The molecule has 31 heavy (non-hydrogen) atoms. The molecule has 0 aliphatic carbocycles. The van der Waals surface area contributed by atoms with Gasteiger partial charge in [-0.05, 0) is 62.9 Å². The van der Waals surface area contributed by atoms with Crippen LogP contribution in [0.25, 0.3) is 0 Å². The number of carboxylic acids is 1. The number of carboxylic acid groups (broad SMARTS) is 1. The van der Waals surface area contributed by atoms with Gasteiger partial charge in [-0.1, -0.05) is 30.3 Å². The maximum Gasteiger partial charge on any atom is 0.335 e. The first-order chi connectivity index (χ1) is 14.5. The highest BCUT2D eigenvalue weighted by Crippen LogP contribution is 2.24. The Balaban J connectivity index is 0.00000341. The molecule has 1 aliphatic rings. The summed E-state index contributed by atoms with van der Waals surface area (Å²) in [6, 6.07) is 16.3. The van der Waals surface area contributed by atoms with Crippen LogP contribution in [0.3, 0.4) is 0 Å². The van der Waals surface area contributed by atoms with Gasteiger partial charge in [-0.25, -0.2) is 4.79 Å². The maximum atomic E-state index is 13.1. The van der Waals surface area contributed by atoms with Crippen LogP contribution in [0.2, 0.25) is 0 Å². The van der Waals surface area contributed by atoms with E-state index in [0.717, 1.165) is 30.6 Å². The fraction of sp³-hybridized carbons (Fsp3) is 0.417. The molecular formula is C24H31ClN2O4. The molecule has 2 aromatic rings. The highest BCUT2D eigenvalue weighted by molar-refractivity contribution is 5.87. The van der Waals surface area contributed by atoms with E-state index in [2.05, 4.69) is 17.1 Å². The molecule has 3 atom stereocenters. The summed E-state index contributed by atoms with van der Waals surface area (Å²) in [7, 11) is 0. The number of carbonyl (C=O) groups is 2. The van der Waals surface area contributed by atoms with Gasteiger partial charge in [-0.2, -0.15) is 0 Å². The van der Waals surface area contributed by atoms with Crippen molar-refractivity contribution >= 4 is 24.3 Å². The van der Waals surface area contributed by atoms with Crippen molar-refractivity contribution in [1.82, 2.24) is 10.2 Å². The molecular weight excluding hydrogens is 416 g/mol. The molecule has 1 fully saturated rings. The second-order valence-electron chi connectivity index (χ2n) is 7.85. The fourth-order valence-corrected chi connectivity index (χ4v) is 4.00. The van der Waals surface area contributed by atoms with Crippen molar-refractivity contribution in [2.24, 2.45) is 0 Å². The number of nitrogens with zero attached hydrogens (tertiary/aromatic N) is 1. The molecule has 0 saturated carbocycles. The van der Waals surface area contributed by atoms with Crippen molar-refractivity contribution < 1.29 is 19.4 Å². The Morgan fingerprint density at radius 1 is 1.13 bits per heavy atom. The minimum Gasteiger partial charge on any atom is -0.492 e. The van der Waals surface area contributed by atoms with Gasteiger partial charge in [0.05, 0.1) is 17.6 Å². The maximum absolute atomic E-state index is 13.1. The van der Waals surface area contributed by atoms with Crippen molar-refractivity contribution in [3.05, 3.63) is 65.7 Å². The molecule has 7 heteroatoms. The fourth-order valence-electron chi connectivity index (χ4n) is 4.00. The monoisotopic (exact) mass is 446 g/mol. The zero-order chi connectivity index (χ0) is 21.5. The third-order valence-electron chi connectivity index (χ3n) is 5.75. The summed E-state index contributed by atoms with van der Waals surface area (Å²) in [5, 5.41) is 12.1. The van der Waals surface area contributed by atoms with Crippen LogP contribution in [-0.2, 0) is 4.79 Å². The second-order valence-corrected chi connectivity index (χ2v) is 7.85. The molecule has 0 radical (unpaired) electrons. The first kappa shape index (κ1) is 24.7. The smallest absolute Gasteiger partial charge is 0.335 e. The summed E-state index contributed by atoms with van der Waals surface area (Å²) < 4.78 is 5.84. The summed E-state index contributed by atoms with van der Waals surface area (Å²) in [6.07, 6.45) is 2.92. The third kappa shape index (κ3) is 6.71. The van der Waals surface area contributed by atoms with E-state index in [0.29, 0.717) is 19.2 Å². The molecule has 0 aromatic heterocycles. The molecule has 3 rings (SSSR count). The van der Waals surface area contributed by atoms with Crippen LogP contribution in [0.4, 0.5) is 0 Å². The Morgan fingerprint density at radius 2 is 1.81 bits per heavy atom. The highest BCUT2D eigenvalue weighted by Gasteiger charge is 2.33. The Morgan fingerprint density at radius 3 is 2.45 bits per heavy atom. The molecule has 168 valence electrons. The second kappa shape index (κ2) is 11.7. The summed E-state index contributed by atoms with van der Waals surface area (Å²) in [6.45, 7) is 5.30. The zero-order valence-corrected chi connectivity index (χ0v) is 18.8. The van der Waals surface area contributed by atoms with Crippen LogP contribution < -0.4 is 10.1 Å². The van der Waals surface area contributed by atoms with E-state index in [1.165, 1.54) is 0 Å². The molecule has 0 spiro atoms. The number of rotatable bonds is 8. The number of likely N-dealkylation sites (tertiary alicyclic amines) is 1. The van der Waals surface area contributed by atoms with Crippen LogP contribution >= 0.6 is 12.4 Å². The minimum absolute atomic E-state index is 0. The number of aromatic carboxylic acids is 1. The van der Waals surface area contributed by atoms with E-state index in [1.54, 1.807) is 24.3 Å². The van der Waals surface area contributed by atoms with Gasteiger partial charge in [0.1, 0.15) is 12.4 Å². The predicted octanol–water partition coefficient (Wildman–Crippen LogP) is 4.31. The number of carbonyl (C=O) groups excluding carboxylic acids is 1. The number of para-hydroxylation sites is 1. The molecule has 6 nitrogen and oxygen atoms in total. The van der Waals surface area contributed by atoms with Crippen molar-refractivity contribution in [2.45, 2.75) is 51.2 Å². The van der Waals surface area contributed by atoms with E-state index < -0.39 is 5.97 Å². The van der Waals surface area contributed by atoms with Gasteiger partial charge in [0, 0.05) is 12.6 Å². The van der Waals surface area contributed by atoms with E-state index in [9.17, 15) is 9.59 Å². The normalized spacial score (nSPS) is 19.7. The SMILES string of the molecule is C[C@H](NC(=O)[C@H]1CCC[C@@H](C)N1CCOc1ccccc1)c1ccc(C(=O)O)cc1.Cl. The Bertz CT molecular complexity index is 844. The lowest BCUT2D eigenvalue weighted by Gasteiger charge is -2.40. The number of benzene rings is 2. The Hall–Kier alpha value is -2.57. The van der Waals surface area contributed by atoms with Gasteiger partial charge in [-0.3, -0.25) is 9.69 Å². The van der Waals surface area contributed by atoms with Crippen molar-refractivity contribution in [3.63, 3.8) is 0 Å². The van der Waals surface area contributed by atoms with E-state index in [-0.39, 0.29) is 36.0 Å². The lowest BCUT2D eigenvalue weighted by atomic mass is 9.95. The van der Waals surface area contributed by atoms with Crippen LogP contribution in [0, 0.1) is 0 Å². The number of nitrogens with one attached hydrogen (secondary N) is 1. The number of hydrogen-bond acceptors (Lipinski definition) is 4. The predicted molar refractivity (Wildman–Crippen MR) is 123 cm³/mol. The van der Waals surface area contributed by atoms with Crippen molar-refractivity contribution in [2.75, 3.05) is 13.2 Å². The van der Waals surface area contributed by atoms with Crippen molar-refractivity contribution in [1.29, 1.82) is 0 Å². The highest BCUT2D eigenvalue weighted by atomic mass is 35.5. The van der Waals surface area contributed by atoms with Gasteiger partial charge in [0.15, 0.2) is 0 Å². The molecule has 0 unspecified atom stereocenters. The average molecular weight is 447 g/mol. The lowest BCUT2D eigenvalue weighted by Crippen LogP contribution is -2.54. The first-order valence-electron chi connectivity index (χ1n) is 10.5. The Kier molecular flexibility index (Phi) is 9.34. The van der Waals surface area contributed by atoms with Crippen LogP contribution in [-0.4, -0.2) is 47.1 Å². The number of amides is 1. The third-order valence-corrected chi connectivity index (χ3v) is 5.75. The molecule has 1 amide bonds. The van der Waals surface area contributed by atoms with Crippen LogP contribution in [0.15, 0.2) is 54.6 Å². The number of piperidine rings is 1. The van der Waals surface area contributed by atoms with Gasteiger partial charge in [0.25, 0.3) is 0 Å². The Labute approximate surface area is 190 Å². The van der Waals surface area contributed by atoms with Crippen LogP contribution in [0.1, 0.15) is 55.1 Å². The number of halogens is 1. The topological polar surface area (TPSA) is 78.9 Å². The van der Waals surface area contributed by atoms with Crippen LogP contribution in [0.5, 0.6) is 5.75 Å². The molecule has 0 bridgehead atoms. The first-order valence-corrected chi connectivity index (χ1v) is 10.5. The van der Waals surface area contributed by atoms with Gasteiger partial charge < -0.3 is 15.2 Å². The van der Waals surface area contributed by atoms with E-state index in [1.807, 2.05) is 37.3 Å². The molecule has 2 aromatic carbocycles. The number of ether oxygens (including phenoxy) is 1. The largest absolute Gasteiger partial charge is 0.492 e. The summed E-state index contributed by atoms with van der Waals surface area (Å²) in [4.78, 5) is 26.3. The molecule has 1 heterocycles. The van der Waals surface area contributed by atoms with E-state index >= 15 is 0 Å². The van der Waals surface area contributed by atoms with Gasteiger partial charge in [-0.15, -0.1) is 12.4 Å². The van der Waals surface area contributed by atoms with Gasteiger partial charge >= 0.3 is 5.97 Å². The van der Waals surface area contributed by atoms with Gasteiger partial charge in [0.2, 0.25) is 5.91 Å². The summed E-state index contributed by atoms with van der Waals surface area (Å²) in [5.74, 6) is -0.111. The lowest BCUT2D eigenvalue weighted by molar-refractivity contribution is -0.129. The summed E-state index contributed by atoms with van der Waals surface area (Å²) in [5.41, 5.74) is 1.12. The molecule has 1 aliphatic heterocycles. The summed E-state index contributed by atoms with van der Waals surface area (Å²) >= 11 is 0. The van der Waals surface area contributed by atoms with Crippen molar-refractivity contribution in [3.8, 4) is 5.75 Å². The standard InChI is InChI=1S/C24H30N2O4.ClH/c1-17-7-6-10-22(26(17)15-16-30-21-8-4-3-5-9-21)23(27)25-18(2)19-11-13-20(14-12-19)24(28)29;/h3-5,8-9,11-14,17-18,22H,6-7,10,15-16H2,1-2H3,(H,25,27)(H,28,29);1H/t17-,18+,22-;/m1./s1. The average Bonchev–Trinajstić information content (AvgIpc) is 2.75. The zero-order valence-electron chi connectivity index (χ0n) is 18.0. The minimum atomic E-state index is -0.956. The quantitative estimate of drug-likeness (QED) is 0.631.